The van der Waals surface area contributed by atoms with E-state index in [0.29, 0.717) is 49.4 Å². The van der Waals surface area contributed by atoms with Crippen molar-refractivity contribution in [1.29, 1.82) is 0 Å². The zero-order chi connectivity index (χ0) is 54.2. The largest absolute Gasteiger partial charge is 0.394 e. The summed E-state index contributed by atoms with van der Waals surface area (Å²) in [5.74, 6) is 0.949. The number of methoxy groups -OCH3 is 1. The Morgan fingerprint density at radius 2 is 1.25 bits per heavy atom. The van der Waals surface area contributed by atoms with Crippen LogP contribution in [0.2, 0.25) is 0 Å². The Labute approximate surface area is 437 Å². The van der Waals surface area contributed by atoms with E-state index in [1.165, 1.54) is 12.5 Å². The predicted octanol–water partition coefficient (Wildman–Crippen LogP) is -2.35. The molecule has 13 N–H and O–H groups in total. The number of aliphatic hydroxyl groups excluding tert-OH is 13. The van der Waals surface area contributed by atoms with Gasteiger partial charge in [-0.05, 0) is 98.7 Å². The molecule has 9 aliphatic rings. The molecule has 0 radical (unpaired) electrons. The lowest BCUT2D eigenvalue weighted by molar-refractivity contribution is -0.371. The molecule has 0 unspecified atom stereocenters. The molecule has 23 heteroatoms. The fourth-order valence-corrected chi connectivity index (χ4v) is 15.2. The van der Waals surface area contributed by atoms with Gasteiger partial charge in [0.05, 0.1) is 44.7 Å². The Bertz CT molecular complexity index is 1940. The average molecular weight is 1080 g/mol. The van der Waals surface area contributed by atoms with Crippen LogP contribution in [0, 0.1) is 46.3 Å². The fraction of sp³-hybridized carbons (Fsp3) is 0.962. The molecule has 432 valence electrons. The molecule has 0 aromatic carbocycles. The zero-order valence-corrected chi connectivity index (χ0v) is 43.8. The van der Waals surface area contributed by atoms with Crippen molar-refractivity contribution in [3.05, 3.63) is 11.6 Å². The monoisotopic (exact) mass is 1080 g/mol. The van der Waals surface area contributed by atoms with E-state index in [1.807, 2.05) is 6.92 Å². The van der Waals surface area contributed by atoms with Gasteiger partial charge in [0, 0.05) is 19.4 Å². The highest BCUT2D eigenvalue weighted by atomic mass is 16.8. The van der Waals surface area contributed by atoms with Crippen molar-refractivity contribution < 1.29 is 114 Å². The molecule has 8 fully saturated rings. The van der Waals surface area contributed by atoms with Crippen LogP contribution in [-0.4, -0.2) is 241 Å². The van der Waals surface area contributed by atoms with Crippen LogP contribution in [-0.2, 0) is 47.4 Å². The van der Waals surface area contributed by atoms with Gasteiger partial charge >= 0.3 is 0 Å². The number of ether oxygens (including phenoxy) is 10. The van der Waals surface area contributed by atoms with Gasteiger partial charge in [0.15, 0.2) is 30.9 Å². The normalized spacial score (nSPS) is 54.3. The third-order valence-electron chi connectivity index (χ3n) is 19.8. The fourth-order valence-electron chi connectivity index (χ4n) is 15.2. The van der Waals surface area contributed by atoms with Gasteiger partial charge in [0.25, 0.3) is 0 Å². The second-order valence-electron chi connectivity index (χ2n) is 24.0. The summed E-state index contributed by atoms with van der Waals surface area (Å²) in [6.45, 7) is 8.97. The van der Waals surface area contributed by atoms with Crippen molar-refractivity contribution in [1.82, 2.24) is 0 Å². The Hall–Kier alpha value is -1.18. The lowest BCUT2D eigenvalue weighted by Crippen LogP contribution is -2.64. The van der Waals surface area contributed by atoms with Crippen molar-refractivity contribution in [2.24, 2.45) is 46.3 Å². The third-order valence-corrected chi connectivity index (χ3v) is 19.8. The molecule has 0 aromatic rings. The summed E-state index contributed by atoms with van der Waals surface area (Å²) < 4.78 is 60.3. The Morgan fingerprint density at radius 1 is 0.653 bits per heavy atom. The van der Waals surface area contributed by atoms with Crippen LogP contribution in [0.25, 0.3) is 0 Å². The maximum Gasteiger partial charge on any atom is 0.187 e. The summed E-state index contributed by atoms with van der Waals surface area (Å²) in [6, 6.07) is 0. The molecule has 5 saturated heterocycles. The van der Waals surface area contributed by atoms with Crippen molar-refractivity contribution in [3.8, 4) is 0 Å². The molecule has 0 amide bonds. The molecule has 5 aliphatic heterocycles. The van der Waals surface area contributed by atoms with Gasteiger partial charge in [0.1, 0.15) is 91.6 Å². The summed E-state index contributed by atoms with van der Waals surface area (Å²) >= 11 is 0. The van der Waals surface area contributed by atoms with E-state index in [1.54, 1.807) is 7.11 Å². The third kappa shape index (κ3) is 10.6. The number of hydrogen-bond donors (Lipinski definition) is 13. The van der Waals surface area contributed by atoms with Crippen LogP contribution in [0.4, 0.5) is 0 Å². The molecule has 5 heterocycles. The summed E-state index contributed by atoms with van der Waals surface area (Å²) in [5, 5.41) is 137. The van der Waals surface area contributed by atoms with E-state index in [9.17, 15) is 66.4 Å². The van der Waals surface area contributed by atoms with Crippen LogP contribution in [0.3, 0.4) is 0 Å². The smallest absolute Gasteiger partial charge is 0.187 e. The minimum atomic E-state index is -1.78. The Kier molecular flexibility index (Phi) is 17.9. The van der Waals surface area contributed by atoms with Gasteiger partial charge in [-0.15, -0.1) is 0 Å². The quantitative estimate of drug-likeness (QED) is 0.0720. The van der Waals surface area contributed by atoms with E-state index in [4.69, 9.17) is 47.4 Å². The number of hydrogen-bond acceptors (Lipinski definition) is 23. The maximum atomic E-state index is 11.2. The van der Waals surface area contributed by atoms with E-state index in [2.05, 4.69) is 26.8 Å². The molecular weight excluding hydrogens is 993 g/mol. The molecule has 75 heavy (non-hydrogen) atoms. The summed E-state index contributed by atoms with van der Waals surface area (Å²) in [5.41, 5.74) is 1.24. The van der Waals surface area contributed by atoms with Crippen molar-refractivity contribution >= 4 is 0 Å². The molecule has 4 aliphatic carbocycles. The van der Waals surface area contributed by atoms with Crippen LogP contribution in [0.1, 0.15) is 92.4 Å². The molecule has 0 aromatic heterocycles. The van der Waals surface area contributed by atoms with E-state index in [0.717, 1.165) is 32.1 Å². The van der Waals surface area contributed by atoms with E-state index < -0.39 is 148 Å². The first-order valence-corrected chi connectivity index (χ1v) is 27.3. The SMILES string of the molecule is CO[C@]1(CC[C@@H](C)CO[C@@H]2O[C@H](CO)[C@@H](O)[C@H](O)[C@H]2O)O[C@H]2C[C@@H]3[C@@H]4CC=C5C[C@@H](O[C@@H]6O[C@H](CO[C@@H]7O[C@H](CO)[C@@H](O)[C@H](O)[C@H]7O[C@@H]7O[C@@H](C)[C@H](O)[C@@H](O)[C@H]7O)[C@@H](O)[C@H](O)[C@H]6O)CC[C@]5(C)[C@H]4CC[C@]3(C)[C@H]2[C@@H]1C. The topological polar surface area (TPSA) is 355 Å². The summed E-state index contributed by atoms with van der Waals surface area (Å²) in [7, 11) is 1.72. The van der Waals surface area contributed by atoms with Crippen molar-refractivity contribution in [2.75, 3.05) is 33.5 Å². The van der Waals surface area contributed by atoms with Crippen LogP contribution in [0.5, 0.6) is 0 Å². The molecule has 3 saturated carbocycles. The highest BCUT2D eigenvalue weighted by molar-refractivity contribution is 5.26. The van der Waals surface area contributed by atoms with Gasteiger partial charge in [-0.2, -0.15) is 0 Å². The number of fused-ring (bicyclic) bond motifs is 7. The Morgan fingerprint density at radius 3 is 1.92 bits per heavy atom. The van der Waals surface area contributed by atoms with E-state index in [-0.39, 0.29) is 41.5 Å². The van der Waals surface area contributed by atoms with Crippen molar-refractivity contribution in [3.63, 3.8) is 0 Å². The minimum absolute atomic E-state index is 0.00726. The van der Waals surface area contributed by atoms with Crippen LogP contribution in [0.15, 0.2) is 11.6 Å². The number of rotatable bonds is 16. The second-order valence-corrected chi connectivity index (χ2v) is 24.0. The molecule has 0 spiro atoms. The summed E-state index contributed by atoms with van der Waals surface area (Å²) in [4.78, 5) is 0. The highest BCUT2D eigenvalue weighted by Crippen LogP contribution is 2.70. The van der Waals surface area contributed by atoms with Gasteiger partial charge < -0.3 is 114 Å². The molecule has 0 bridgehead atoms. The van der Waals surface area contributed by atoms with Gasteiger partial charge in [0.2, 0.25) is 0 Å². The molecular formula is C52H86O23. The molecule has 9 rings (SSSR count). The first-order chi connectivity index (χ1) is 35.5. The zero-order valence-electron chi connectivity index (χ0n) is 43.8. The first-order valence-electron chi connectivity index (χ1n) is 27.3. The summed E-state index contributed by atoms with van der Waals surface area (Å²) in [6.07, 6.45) is -20.5. The lowest BCUT2D eigenvalue weighted by atomic mass is 9.47. The lowest BCUT2D eigenvalue weighted by Gasteiger charge is -2.58. The van der Waals surface area contributed by atoms with E-state index >= 15 is 0 Å². The van der Waals surface area contributed by atoms with Crippen LogP contribution >= 0.6 is 0 Å². The number of aliphatic hydroxyl groups is 13. The first kappa shape index (κ1) is 58.5. The average Bonchev–Trinajstić information content (AvgIpc) is 3.86. The maximum absolute atomic E-state index is 11.2. The molecule has 23 nitrogen and oxygen atoms in total. The van der Waals surface area contributed by atoms with Crippen LogP contribution < -0.4 is 0 Å². The number of allylic oxidation sites excluding steroid dienone is 1. The molecule has 31 atom stereocenters. The second kappa shape index (κ2) is 23.0. The van der Waals surface area contributed by atoms with Crippen molar-refractivity contribution in [2.45, 2.75) is 233 Å². The predicted molar refractivity (Wildman–Crippen MR) is 255 cm³/mol. The minimum Gasteiger partial charge on any atom is -0.394 e. The van der Waals surface area contributed by atoms with Gasteiger partial charge in [-0.25, -0.2) is 0 Å². The van der Waals surface area contributed by atoms with Gasteiger partial charge in [-0.1, -0.05) is 39.3 Å². The standard InChI is InChI=1S/C52H86O23/c1-21(19-67-46-42(63)39(60)35(56)30(17-53)71-46)9-14-52(66-6)22(2)33-29(75-52)16-28-26-8-7-24-15-25(10-12-50(24,4)27(26)11-13-51(28,33)5)70-48-44(65)40(61)37(58)32(73-48)20-68-49-45(41(62)36(57)31(18-54)72-49)74-47-43(64)38(59)34(55)23(3)69-47/h7,21-23,25-49,53-65H,8-20H2,1-6H3/t21-,22+,23+,25+,26-,27+,28-,29+,30-,31-,32-,33+,34+,35-,36-,37-,38-,39+,40+,41+,42-,43-,44-,45-,46-,47+,48-,49-,50+,51+,52-/m1/s1. The Balaban J connectivity index is 0.800. The highest BCUT2D eigenvalue weighted by Gasteiger charge is 2.68. The van der Waals surface area contributed by atoms with Gasteiger partial charge in [-0.3, -0.25) is 0 Å².